The smallest absolute Gasteiger partial charge is 0.264 e. The summed E-state index contributed by atoms with van der Waals surface area (Å²) in [6.07, 6.45) is 16.9. The highest BCUT2D eigenvalue weighted by molar-refractivity contribution is 7.85. The topological polar surface area (TPSA) is 54.4 Å². The van der Waals surface area contributed by atoms with E-state index >= 15 is 0 Å². The van der Waals surface area contributed by atoms with Crippen molar-refractivity contribution in [2.75, 3.05) is 5.75 Å². The third kappa shape index (κ3) is 5.26. The fourth-order valence-electron chi connectivity index (χ4n) is 3.77. The van der Waals surface area contributed by atoms with Gasteiger partial charge in [-0.15, -0.1) is 0 Å². The predicted molar refractivity (Wildman–Crippen MR) is 86.6 cm³/mol. The van der Waals surface area contributed by atoms with Crippen molar-refractivity contribution >= 4 is 10.1 Å². The van der Waals surface area contributed by atoms with Crippen LogP contribution in [-0.2, 0) is 10.1 Å². The van der Waals surface area contributed by atoms with Crippen LogP contribution in [0, 0.1) is 29.6 Å². The molecular weight excluding hydrogens is 284 g/mol. The third-order valence-corrected chi connectivity index (χ3v) is 5.87. The molecule has 0 aromatic heterocycles. The Balaban J connectivity index is 0.000000117. The monoisotopic (exact) mass is 312 g/mol. The summed E-state index contributed by atoms with van der Waals surface area (Å²) < 4.78 is 26.9. The van der Waals surface area contributed by atoms with Gasteiger partial charge in [0.25, 0.3) is 10.1 Å². The van der Waals surface area contributed by atoms with Gasteiger partial charge in [-0.1, -0.05) is 31.2 Å². The average molecular weight is 312 g/mol. The van der Waals surface area contributed by atoms with Crippen molar-refractivity contribution in [2.24, 2.45) is 29.6 Å². The minimum atomic E-state index is -3.66. The summed E-state index contributed by atoms with van der Waals surface area (Å²) >= 11 is 0. The molecule has 1 N–H and O–H groups in total. The lowest BCUT2D eigenvalue weighted by molar-refractivity contribution is 0.484. The zero-order chi connectivity index (χ0) is 15.5. The van der Waals surface area contributed by atoms with Crippen LogP contribution in [0.1, 0.15) is 46.0 Å². The third-order valence-electron chi connectivity index (χ3n) is 5.14. The van der Waals surface area contributed by atoms with Crippen molar-refractivity contribution in [3.63, 3.8) is 0 Å². The van der Waals surface area contributed by atoms with Crippen molar-refractivity contribution in [3.8, 4) is 0 Å². The van der Waals surface area contributed by atoms with Gasteiger partial charge in [0.1, 0.15) is 0 Å². The lowest BCUT2D eigenvalue weighted by Gasteiger charge is -2.09. The van der Waals surface area contributed by atoms with Crippen molar-refractivity contribution < 1.29 is 13.0 Å². The highest BCUT2D eigenvalue weighted by Crippen LogP contribution is 2.42. The Morgan fingerprint density at radius 3 is 1.62 bits per heavy atom. The molecule has 4 aliphatic carbocycles. The highest BCUT2D eigenvalue weighted by Gasteiger charge is 2.32. The Labute approximate surface area is 129 Å². The van der Waals surface area contributed by atoms with Crippen LogP contribution in [0.25, 0.3) is 0 Å². The zero-order valence-electron chi connectivity index (χ0n) is 13.1. The Hall–Kier alpha value is -0.610. The van der Waals surface area contributed by atoms with Crippen LogP contribution >= 0.6 is 0 Å². The molecule has 5 unspecified atom stereocenters. The van der Waals surface area contributed by atoms with Gasteiger partial charge < -0.3 is 0 Å². The van der Waals surface area contributed by atoms with E-state index in [9.17, 15) is 8.42 Å². The van der Waals surface area contributed by atoms with Gasteiger partial charge in [0.2, 0.25) is 0 Å². The lowest BCUT2D eigenvalue weighted by Crippen LogP contribution is -1.99. The van der Waals surface area contributed by atoms with Crippen LogP contribution in [0.15, 0.2) is 24.3 Å². The predicted octanol–water partition coefficient (Wildman–Crippen LogP) is 4.09. The van der Waals surface area contributed by atoms with Gasteiger partial charge >= 0.3 is 0 Å². The quantitative estimate of drug-likeness (QED) is 0.586. The number of rotatable bonds is 1. The molecule has 4 aliphatic rings. The van der Waals surface area contributed by atoms with Gasteiger partial charge in [0.15, 0.2) is 0 Å². The summed E-state index contributed by atoms with van der Waals surface area (Å²) in [5.74, 6) is 4.70. The van der Waals surface area contributed by atoms with E-state index in [4.69, 9.17) is 4.55 Å². The summed E-state index contributed by atoms with van der Waals surface area (Å²) in [4.78, 5) is 0. The Kier molecular flexibility index (Phi) is 5.67. The maximum atomic E-state index is 9.56. The number of fused-ring (bicyclic) bond motifs is 4. The first-order valence-corrected chi connectivity index (χ1v) is 9.80. The Morgan fingerprint density at radius 1 is 0.952 bits per heavy atom. The summed E-state index contributed by atoms with van der Waals surface area (Å²) in [7, 11) is -3.66. The summed E-state index contributed by atoms with van der Waals surface area (Å²) in [5, 5.41) is 0. The Bertz CT molecular complexity index is 480. The normalized spacial score (nSPS) is 38.0. The van der Waals surface area contributed by atoms with E-state index in [-0.39, 0.29) is 5.75 Å². The van der Waals surface area contributed by atoms with Gasteiger partial charge in [0, 0.05) is 0 Å². The molecule has 0 aromatic rings. The van der Waals surface area contributed by atoms with Crippen LogP contribution in [0.3, 0.4) is 0 Å². The second kappa shape index (κ2) is 7.10. The molecule has 4 rings (SSSR count). The first-order chi connectivity index (χ1) is 9.87. The molecule has 4 bridgehead atoms. The molecular formula is C17H28O3S. The maximum Gasteiger partial charge on any atom is 0.264 e. The average Bonchev–Trinajstić information content (AvgIpc) is 3.20. The summed E-state index contributed by atoms with van der Waals surface area (Å²) in [6.45, 7) is 3.74. The first kappa shape index (κ1) is 16.8. The molecule has 2 saturated carbocycles. The van der Waals surface area contributed by atoms with Crippen molar-refractivity contribution in [1.29, 1.82) is 0 Å². The van der Waals surface area contributed by atoms with Gasteiger partial charge in [-0.25, -0.2) is 0 Å². The SMILES string of the molecule is C1=CC2CCC1C2.CC1CC2C=CC1C2.CCS(=O)(=O)O. The van der Waals surface area contributed by atoms with Gasteiger partial charge in [-0.2, -0.15) is 8.42 Å². The van der Waals surface area contributed by atoms with Crippen LogP contribution in [0.2, 0.25) is 0 Å². The van der Waals surface area contributed by atoms with Crippen LogP contribution in [0.5, 0.6) is 0 Å². The molecule has 0 aromatic carbocycles. The molecule has 0 amide bonds. The minimum Gasteiger partial charge on any atom is -0.286 e. The van der Waals surface area contributed by atoms with Crippen molar-refractivity contribution in [2.45, 2.75) is 46.0 Å². The first-order valence-electron chi connectivity index (χ1n) is 8.19. The molecule has 0 saturated heterocycles. The zero-order valence-corrected chi connectivity index (χ0v) is 13.9. The molecule has 5 atom stereocenters. The number of hydrogen-bond acceptors (Lipinski definition) is 2. The highest BCUT2D eigenvalue weighted by atomic mass is 32.2. The van der Waals surface area contributed by atoms with E-state index in [1.54, 1.807) is 0 Å². The number of allylic oxidation sites excluding steroid dienone is 4. The fraction of sp³-hybridized carbons (Fsp3) is 0.765. The molecule has 2 fully saturated rings. The van der Waals surface area contributed by atoms with Gasteiger partial charge in [-0.3, -0.25) is 4.55 Å². The molecule has 3 nitrogen and oxygen atoms in total. The van der Waals surface area contributed by atoms with Gasteiger partial charge in [0.05, 0.1) is 5.75 Å². The van der Waals surface area contributed by atoms with E-state index in [2.05, 4.69) is 31.2 Å². The second-order valence-corrected chi connectivity index (χ2v) is 8.59. The molecule has 0 aliphatic heterocycles. The molecule has 0 spiro atoms. The largest absolute Gasteiger partial charge is 0.286 e. The summed E-state index contributed by atoms with van der Waals surface area (Å²) in [6, 6.07) is 0. The van der Waals surface area contributed by atoms with Crippen molar-refractivity contribution in [3.05, 3.63) is 24.3 Å². The molecule has 0 heterocycles. The molecule has 21 heavy (non-hydrogen) atoms. The second-order valence-electron chi connectivity index (χ2n) is 6.85. The van der Waals surface area contributed by atoms with Crippen LogP contribution < -0.4 is 0 Å². The van der Waals surface area contributed by atoms with Crippen LogP contribution in [0.4, 0.5) is 0 Å². The Morgan fingerprint density at radius 2 is 1.48 bits per heavy atom. The van der Waals surface area contributed by atoms with Crippen molar-refractivity contribution in [1.82, 2.24) is 0 Å². The fourth-order valence-corrected chi connectivity index (χ4v) is 3.77. The van der Waals surface area contributed by atoms with E-state index in [1.165, 1.54) is 39.0 Å². The van der Waals surface area contributed by atoms with E-state index in [1.807, 2.05) is 0 Å². The maximum absolute atomic E-state index is 9.56. The molecule has 4 heteroatoms. The van der Waals surface area contributed by atoms with E-state index in [0.29, 0.717) is 0 Å². The van der Waals surface area contributed by atoms with Crippen LogP contribution in [-0.4, -0.2) is 18.7 Å². The molecule has 0 radical (unpaired) electrons. The minimum absolute atomic E-state index is 0.201. The summed E-state index contributed by atoms with van der Waals surface area (Å²) in [5.41, 5.74) is 0. The lowest BCUT2D eigenvalue weighted by atomic mass is 9.96. The standard InChI is InChI=1S/C8H12.C7H10.C2H6O3S/c1-6-4-7-2-3-8(6)5-7;1-2-7-4-3-6(1)5-7;1-2-6(3,4)5/h2-3,6-8H,4-5H2,1H3;1-2,6-7H,3-5H2;2H2,1H3,(H,3,4,5). The van der Waals surface area contributed by atoms with Gasteiger partial charge in [-0.05, 0) is 68.6 Å². The molecule has 120 valence electrons. The van der Waals surface area contributed by atoms with E-state index < -0.39 is 10.1 Å². The number of hydrogen-bond donors (Lipinski definition) is 1. The van der Waals surface area contributed by atoms with E-state index in [0.717, 1.165) is 29.6 Å².